The van der Waals surface area contributed by atoms with Crippen LogP contribution in [0.4, 0.5) is 0 Å². The van der Waals surface area contributed by atoms with Crippen molar-refractivity contribution in [2.75, 3.05) is 20.2 Å². The summed E-state index contributed by atoms with van der Waals surface area (Å²) in [7, 11) is -2.24. The standard InChI is InChI=1S/C13H17Cl2NO3S/c1-9-3-5-16(6-4-9)20(17,18)12-8-10(14)7-11(15)13(12)19-2/h7-9H,3-6H2,1-2H3. The van der Waals surface area contributed by atoms with Gasteiger partial charge in [0.1, 0.15) is 4.90 Å². The highest BCUT2D eigenvalue weighted by Crippen LogP contribution is 2.37. The minimum atomic E-state index is -3.63. The molecule has 1 aromatic rings. The molecule has 1 aromatic carbocycles. The number of sulfonamides is 1. The van der Waals surface area contributed by atoms with Gasteiger partial charge in [-0.05, 0) is 30.9 Å². The van der Waals surface area contributed by atoms with Crippen LogP contribution in [0.15, 0.2) is 17.0 Å². The molecule has 2 rings (SSSR count). The zero-order valence-electron chi connectivity index (χ0n) is 11.4. The molecule has 0 bridgehead atoms. The van der Waals surface area contributed by atoms with Crippen molar-refractivity contribution in [2.24, 2.45) is 5.92 Å². The summed E-state index contributed by atoms with van der Waals surface area (Å²) in [6, 6.07) is 2.86. The first kappa shape index (κ1) is 15.9. The summed E-state index contributed by atoms with van der Waals surface area (Å²) in [6.45, 7) is 3.15. The molecule has 0 saturated carbocycles. The SMILES string of the molecule is COc1c(Cl)cc(Cl)cc1S(=O)(=O)N1CCC(C)CC1. The van der Waals surface area contributed by atoms with Gasteiger partial charge in [0.2, 0.25) is 10.0 Å². The smallest absolute Gasteiger partial charge is 0.246 e. The highest BCUT2D eigenvalue weighted by atomic mass is 35.5. The van der Waals surface area contributed by atoms with Crippen LogP contribution in [0.25, 0.3) is 0 Å². The van der Waals surface area contributed by atoms with Crippen LogP contribution in [0.3, 0.4) is 0 Å². The molecular weight excluding hydrogens is 321 g/mol. The quantitative estimate of drug-likeness (QED) is 0.848. The molecule has 7 heteroatoms. The Labute approximate surface area is 129 Å². The molecule has 1 aliphatic rings. The van der Waals surface area contributed by atoms with E-state index in [1.165, 1.54) is 23.5 Å². The minimum Gasteiger partial charge on any atom is -0.494 e. The Balaban J connectivity index is 2.44. The van der Waals surface area contributed by atoms with Crippen LogP contribution >= 0.6 is 23.2 Å². The van der Waals surface area contributed by atoms with Gasteiger partial charge in [0, 0.05) is 18.1 Å². The van der Waals surface area contributed by atoms with Crippen LogP contribution in [0.2, 0.25) is 10.0 Å². The van der Waals surface area contributed by atoms with Crippen molar-refractivity contribution in [2.45, 2.75) is 24.7 Å². The molecule has 112 valence electrons. The van der Waals surface area contributed by atoms with Crippen molar-refractivity contribution in [3.8, 4) is 5.75 Å². The molecule has 1 saturated heterocycles. The van der Waals surface area contributed by atoms with Crippen LogP contribution in [0.1, 0.15) is 19.8 Å². The molecule has 0 unspecified atom stereocenters. The number of methoxy groups -OCH3 is 1. The topological polar surface area (TPSA) is 46.6 Å². The van der Waals surface area contributed by atoms with Crippen LogP contribution in [0.5, 0.6) is 5.75 Å². The second-order valence-corrected chi connectivity index (χ2v) is 7.76. The maximum absolute atomic E-state index is 12.7. The lowest BCUT2D eigenvalue weighted by molar-refractivity contribution is 0.287. The minimum absolute atomic E-state index is 0.0343. The normalized spacial score (nSPS) is 18.2. The number of halogens is 2. The lowest BCUT2D eigenvalue weighted by atomic mass is 10.0. The fourth-order valence-electron chi connectivity index (χ4n) is 2.29. The van der Waals surface area contributed by atoms with Crippen molar-refractivity contribution in [3.05, 3.63) is 22.2 Å². The van der Waals surface area contributed by atoms with Crippen LogP contribution in [-0.4, -0.2) is 32.9 Å². The zero-order valence-corrected chi connectivity index (χ0v) is 13.7. The molecule has 0 atom stereocenters. The molecule has 0 spiro atoms. The second-order valence-electron chi connectivity index (χ2n) is 5.01. The Morgan fingerprint density at radius 1 is 1.25 bits per heavy atom. The van der Waals surface area contributed by atoms with Crippen molar-refractivity contribution >= 4 is 33.2 Å². The van der Waals surface area contributed by atoms with Gasteiger partial charge in [-0.1, -0.05) is 30.1 Å². The fourth-order valence-corrected chi connectivity index (χ4v) is 4.66. The average molecular weight is 338 g/mol. The van der Waals surface area contributed by atoms with E-state index in [-0.39, 0.29) is 20.7 Å². The molecule has 0 aromatic heterocycles. The van der Waals surface area contributed by atoms with Gasteiger partial charge in [-0.3, -0.25) is 0 Å². The van der Waals surface area contributed by atoms with Gasteiger partial charge in [-0.25, -0.2) is 8.42 Å². The molecule has 0 N–H and O–H groups in total. The van der Waals surface area contributed by atoms with E-state index in [1.54, 1.807) is 0 Å². The maximum atomic E-state index is 12.7. The summed E-state index contributed by atoms with van der Waals surface area (Å²) in [4.78, 5) is 0.0343. The maximum Gasteiger partial charge on any atom is 0.246 e. The van der Waals surface area contributed by atoms with Crippen LogP contribution in [-0.2, 0) is 10.0 Å². The van der Waals surface area contributed by atoms with E-state index in [0.29, 0.717) is 19.0 Å². The first-order valence-corrected chi connectivity index (χ1v) is 8.59. The number of hydrogen-bond acceptors (Lipinski definition) is 3. The number of ether oxygens (including phenoxy) is 1. The summed E-state index contributed by atoms with van der Waals surface area (Å²) >= 11 is 11.9. The molecule has 1 fully saturated rings. The number of hydrogen-bond donors (Lipinski definition) is 0. The van der Waals surface area contributed by atoms with E-state index in [0.717, 1.165) is 12.8 Å². The van der Waals surface area contributed by atoms with Gasteiger partial charge in [-0.2, -0.15) is 4.31 Å². The molecule has 0 aliphatic carbocycles. The van der Waals surface area contributed by atoms with E-state index in [1.807, 2.05) is 0 Å². The summed E-state index contributed by atoms with van der Waals surface area (Å²) < 4.78 is 32.0. The van der Waals surface area contributed by atoms with Crippen molar-refractivity contribution in [1.82, 2.24) is 4.31 Å². The molecule has 4 nitrogen and oxygen atoms in total. The molecular formula is C13H17Cl2NO3S. The van der Waals surface area contributed by atoms with E-state index in [4.69, 9.17) is 27.9 Å². The molecule has 20 heavy (non-hydrogen) atoms. The van der Waals surface area contributed by atoms with E-state index < -0.39 is 10.0 Å². The number of rotatable bonds is 3. The van der Waals surface area contributed by atoms with Crippen molar-refractivity contribution in [3.63, 3.8) is 0 Å². The lowest BCUT2D eigenvalue weighted by Gasteiger charge is -2.30. The first-order valence-electron chi connectivity index (χ1n) is 6.39. The number of nitrogens with zero attached hydrogens (tertiary/aromatic N) is 1. The van der Waals surface area contributed by atoms with Crippen molar-refractivity contribution < 1.29 is 13.2 Å². The Kier molecular flexibility index (Phi) is 4.84. The summed E-state index contributed by atoms with van der Waals surface area (Å²) in [5, 5.41) is 0.476. The highest BCUT2D eigenvalue weighted by Gasteiger charge is 2.31. The Morgan fingerprint density at radius 2 is 1.85 bits per heavy atom. The molecule has 0 radical (unpaired) electrons. The van der Waals surface area contributed by atoms with Gasteiger partial charge in [-0.15, -0.1) is 0 Å². The van der Waals surface area contributed by atoms with Gasteiger partial charge in [0.25, 0.3) is 0 Å². The third-order valence-corrected chi connectivity index (χ3v) is 5.94. The second kappa shape index (κ2) is 6.10. The predicted molar refractivity (Wildman–Crippen MR) is 80.2 cm³/mol. The fraction of sp³-hybridized carbons (Fsp3) is 0.538. The number of piperidine rings is 1. The third kappa shape index (κ3) is 3.06. The van der Waals surface area contributed by atoms with E-state index in [2.05, 4.69) is 6.92 Å². The van der Waals surface area contributed by atoms with Gasteiger partial charge < -0.3 is 4.74 Å². The Morgan fingerprint density at radius 3 is 2.40 bits per heavy atom. The van der Waals surface area contributed by atoms with Crippen LogP contribution in [0, 0.1) is 5.92 Å². The number of benzene rings is 1. The predicted octanol–water partition coefficient (Wildman–Crippen LogP) is 3.42. The largest absolute Gasteiger partial charge is 0.494 e. The molecule has 1 aliphatic heterocycles. The summed E-state index contributed by atoms with van der Waals surface area (Å²) in [5.74, 6) is 0.695. The Hall–Kier alpha value is -0.490. The lowest BCUT2D eigenvalue weighted by Crippen LogP contribution is -2.38. The van der Waals surface area contributed by atoms with E-state index in [9.17, 15) is 8.42 Å². The summed E-state index contributed by atoms with van der Waals surface area (Å²) in [6.07, 6.45) is 1.71. The van der Waals surface area contributed by atoms with Crippen LogP contribution < -0.4 is 4.74 Å². The van der Waals surface area contributed by atoms with Gasteiger partial charge >= 0.3 is 0 Å². The first-order chi connectivity index (χ1) is 9.36. The zero-order chi connectivity index (χ0) is 14.9. The Bertz CT molecular complexity index is 596. The molecule has 1 heterocycles. The van der Waals surface area contributed by atoms with E-state index >= 15 is 0 Å². The average Bonchev–Trinajstić information content (AvgIpc) is 2.38. The van der Waals surface area contributed by atoms with Crippen molar-refractivity contribution in [1.29, 1.82) is 0 Å². The highest BCUT2D eigenvalue weighted by molar-refractivity contribution is 7.89. The van der Waals surface area contributed by atoms with Gasteiger partial charge in [0.15, 0.2) is 5.75 Å². The van der Waals surface area contributed by atoms with Gasteiger partial charge in [0.05, 0.1) is 12.1 Å². The monoisotopic (exact) mass is 337 g/mol. The third-order valence-electron chi connectivity index (χ3n) is 3.54. The molecule has 0 amide bonds. The summed E-state index contributed by atoms with van der Waals surface area (Å²) in [5.41, 5.74) is 0.